The molecule has 0 aliphatic heterocycles. The van der Waals surface area contributed by atoms with Crippen molar-refractivity contribution in [2.24, 2.45) is 0 Å². The summed E-state index contributed by atoms with van der Waals surface area (Å²) in [5, 5.41) is 22.6. The normalized spacial score (nSPS) is 13.5. The van der Waals surface area contributed by atoms with E-state index in [-0.39, 0.29) is 25.1 Å². The van der Waals surface area contributed by atoms with Gasteiger partial charge < -0.3 is 25.0 Å². The van der Waals surface area contributed by atoms with Crippen LogP contribution in [0.25, 0.3) is 0 Å². The van der Waals surface area contributed by atoms with Crippen LogP contribution in [0.3, 0.4) is 0 Å². The van der Waals surface area contributed by atoms with Crippen LogP contribution < -0.4 is 10.1 Å². The molecule has 0 aliphatic carbocycles. The second-order valence-electron chi connectivity index (χ2n) is 5.87. The van der Waals surface area contributed by atoms with Gasteiger partial charge in [0.1, 0.15) is 18.5 Å². The molecular formula is C19H20F3NO5. The second-order valence-corrected chi connectivity index (χ2v) is 5.87. The summed E-state index contributed by atoms with van der Waals surface area (Å²) in [6, 6.07) is 14.0. The molecule has 0 aromatic heterocycles. The standard InChI is InChI=1S/C19H20F3NO5/c20-19(21,22)28-16-9-5-4-8-14(16)17(25)15(24)10-11-23-18(26)27-12-13-6-2-1-3-7-13/h1-9,15,17,24-25H,10-12H2,(H,23,26). The number of rotatable bonds is 8. The molecule has 0 fully saturated rings. The lowest BCUT2D eigenvalue weighted by atomic mass is 10.0. The second kappa shape index (κ2) is 9.95. The number of carbonyl (C=O) groups is 1. The van der Waals surface area contributed by atoms with E-state index in [4.69, 9.17) is 4.74 Å². The van der Waals surface area contributed by atoms with Gasteiger partial charge in [-0.2, -0.15) is 0 Å². The van der Waals surface area contributed by atoms with Crippen LogP contribution in [-0.2, 0) is 11.3 Å². The molecule has 1 amide bonds. The lowest BCUT2D eigenvalue weighted by Gasteiger charge is -2.21. The monoisotopic (exact) mass is 399 g/mol. The molecule has 2 atom stereocenters. The number of ether oxygens (including phenoxy) is 2. The quantitative estimate of drug-likeness (QED) is 0.634. The fourth-order valence-electron chi connectivity index (χ4n) is 2.40. The van der Waals surface area contributed by atoms with E-state index in [0.29, 0.717) is 0 Å². The molecule has 2 rings (SSSR count). The van der Waals surface area contributed by atoms with Gasteiger partial charge >= 0.3 is 12.5 Å². The van der Waals surface area contributed by atoms with Gasteiger partial charge in [0.05, 0.1) is 6.10 Å². The summed E-state index contributed by atoms with van der Waals surface area (Å²) in [7, 11) is 0. The lowest BCUT2D eigenvalue weighted by molar-refractivity contribution is -0.275. The van der Waals surface area contributed by atoms with Crippen molar-refractivity contribution in [2.45, 2.75) is 31.6 Å². The molecule has 6 nitrogen and oxygen atoms in total. The number of hydrogen-bond donors (Lipinski definition) is 3. The summed E-state index contributed by atoms with van der Waals surface area (Å²) >= 11 is 0. The number of carbonyl (C=O) groups excluding carboxylic acids is 1. The van der Waals surface area contributed by atoms with E-state index in [9.17, 15) is 28.2 Å². The molecule has 28 heavy (non-hydrogen) atoms. The molecule has 2 aromatic carbocycles. The van der Waals surface area contributed by atoms with Crippen LogP contribution >= 0.6 is 0 Å². The van der Waals surface area contributed by atoms with Gasteiger partial charge in [-0.1, -0.05) is 48.5 Å². The number of aliphatic hydroxyl groups is 2. The highest BCUT2D eigenvalue weighted by Crippen LogP contribution is 2.32. The average Bonchev–Trinajstić information content (AvgIpc) is 2.65. The Balaban J connectivity index is 1.81. The number of amides is 1. The first-order valence-electron chi connectivity index (χ1n) is 8.41. The number of alkyl carbamates (subject to hydrolysis) is 1. The summed E-state index contributed by atoms with van der Waals surface area (Å²) in [6.45, 7) is 0.0220. The van der Waals surface area contributed by atoms with Crippen molar-refractivity contribution >= 4 is 6.09 Å². The number of halogens is 3. The number of benzene rings is 2. The maximum Gasteiger partial charge on any atom is 0.573 e. The summed E-state index contributed by atoms with van der Waals surface area (Å²) in [5.41, 5.74) is 0.591. The fraction of sp³-hybridized carbons (Fsp3) is 0.316. The minimum absolute atomic E-state index is 0.0475. The summed E-state index contributed by atoms with van der Waals surface area (Å²) in [4.78, 5) is 11.6. The Kier molecular flexibility index (Phi) is 7.65. The van der Waals surface area contributed by atoms with Crippen molar-refractivity contribution in [3.63, 3.8) is 0 Å². The van der Waals surface area contributed by atoms with Crippen LogP contribution in [0.5, 0.6) is 5.75 Å². The Bertz CT molecular complexity index is 755. The Morgan fingerprint density at radius 2 is 1.68 bits per heavy atom. The topological polar surface area (TPSA) is 88.0 Å². The van der Waals surface area contributed by atoms with E-state index in [1.807, 2.05) is 6.07 Å². The molecule has 0 saturated heterocycles. The number of hydrogen-bond acceptors (Lipinski definition) is 5. The molecule has 152 valence electrons. The van der Waals surface area contributed by atoms with Gasteiger partial charge in [0.25, 0.3) is 0 Å². The maximum absolute atomic E-state index is 12.4. The number of nitrogens with one attached hydrogen (secondary N) is 1. The third kappa shape index (κ3) is 7.09. The number of para-hydroxylation sites is 1. The van der Waals surface area contributed by atoms with E-state index in [1.165, 1.54) is 18.2 Å². The Hall–Kier alpha value is -2.78. The van der Waals surface area contributed by atoms with Gasteiger partial charge in [-0.3, -0.25) is 0 Å². The van der Waals surface area contributed by atoms with Gasteiger partial charge in [0.2, 0.25) is 0 Å². The molecule has 0 spiro atoms. The Morgan fingerprint density at radius 3 is 2.36 bits per heavy atom. The highest BCUT2D eigenvalue weighted by Gasteiger charge is 2.33. The summed E-state index contributed by atoms with van der Waals surface area (Å²) < 4.78 is 46.2. The van der Waals surface area contributed by atoms with Crippen LogP contribution in [0.2, 0.25) is 0 Å². The van der Waals surface area contributed by atoms with Crippen LogP contribution in [0.4, 0.5) is 18.0 Å². The average molecular weight is 399 g/mol. The van der Waals surface area contributed by atoms with Crippen LogP contribution in [0.15, 0.2) is 54.6 Å². The van der Waals surface area contributed by atoms with Gasteiger partial charge in [-0.15, -0.1) is 13.2 Å². The van der Waals surface area contributed by atoms with E-state index >= 15 is 0 Å². The van der Waals surface area contributed by atoms with Crippen molar-refractivity contribution in [2.75, 3.05) is 6.54 Å². The van der Waals surface area contributed by atoms with Crippen LogP contribution in [0.1, 0.15) is 23.7 Å². The lowest BCUT2D eigenvalue weighted by Crippen LogP contribution is -2.30. The molecule has 9 heteroatoms. The molecule has 2 unspecified atom stereocenters. The largest absolute Gasteiger partial charge is 0.573 e. The van der Waals surface area contributed by atoms with Crippen molar-refractivity contribution in [3.05, 3.63) is 65.7 Å². The molecule has 0 saturated carbocycles. The summed E-state index contributed by atoms with van der Waals surface area (Å²) in [5.74, 6) is -0.600. The first-order chi connectivity index (χ1) is 13.3. The minimum Gasteiger partial charge on any atom is -0.445 e. The van der Waals surface area contributed by atoms with Gasteiger partial charge in [-0.05, 0) is 18.1 Å². The fourth-order valence-corrected chi connectivity index (χ4v) is 2.40. The third-order valence-corrected chi connectivity index (χ3v) is 3.75. The van der Waals surface area contributed by atoms with Crippen LogP contribution in [0, 0.1) is 0 Å². The highest BCUT2D eigenvalue weighted by atomic mass is 19.4. The molecule has 0 bridgehead atoms. The molecule has 0 radical (unpaired) electrons. The zero-order valence-electron chi connectivity index (χ0n) is 14.7. The van der Waals surface area contributed by atoms with E-state index in [2.05, 4.69) is 10.1 Å². The minimum atomic E-state index is -4.93. The third-order valence-electron chi connectivity index (χ3n) is 3.75. The maximum atomic E-state index is 12.4. The van der Waals surface area contributed by atoms with Crippen LogP contribution in [-0.4, -0.2) is 35.3 Å². The molecule has 0 aliphatic rings. The number of alkyl halides is 3. The van der Waals surface area contributed by atoms with Crippen molar-refractivity contribution in [1.82, 2.24) is 5.32 Å². The van der Waals surface area contributed by atoms with Crippen molar-refractivity contribution in [3.8, 4) is 5.75 Å². The molecular weight excluding hydrogens is 379 g/mol. The predicted molar refractivity (Wildman–Crippen MR) is 93.3 cm³/mol. The van der Waals surface area contributed by atoms with Gasteiger partial charge in [-0.25, -0.2) is 4.79 Å². The Labute approximate surface area is 159 Å². The van der Waals surface area contributed by atoms with E-state index in [1.54, 1.807) is 24.3 Å². The van der Waals surface area contributed by atoms with E-state index < -0.39 is 30.4 Å². The van der Waals surface area contributed by atoms with E-state index in [0.717, 1.165) is 11.6 Å². The Morgan fingerprint density at radius 1 is 1.04 bits per heavy atom. The molecule has 0 heterocycles. The van der Waals surface area contributed by atoms with Crippen molar-refractivity contribution < 1.29 is 37.7 Å². The smallest absolute Gasteiger partial charge is 0.445 e. The molecule has 3 N–H and O–H groups in total. The zero-order valence-corrected chi connectivity index (χ0v) is 14.7. The van der Waals surface area contributed by atoms with Crippen molar-refractivity contribution in [1.29, 1.82) is 0 Å². The first-order valence-corrected chi connectivity index (χ1v) is 8.41. The summed E-state index contributed by atoms with van der Waals surface area (Å²) in [6.07, 6.45) is -8.80. The first kappa shape index (κ1) is 21.5. The van der Waals surface area contributed by atoms with Gasteiger partial charge in [0.15, 0.2) is 0 Å². The SMILES string of the molecule is O=C(NCCC(O)C(O)c1ccccc1OC(F)(F)F)OCc1ccccc1. The zero-order chi connectivity index (χ0) is 20.6. The highest BCUT2D eigenvalue weighted by molar-refractivity contribution is 5.67. The number of aliphatic hydroxyl groups excluding tert-OH is 2. The molecule has 2 aromatic rings. The van der Waals surface area contributed by atoms with Gasteiger partial charge in [0, 0.05) is 12.1 Å². The predicted octanol–water partition coefficient (Wildman–Crippen LogP) is 3.30.